The van der Waals surface area contributed by atoms with E-state index in [1.54, 1.807) is 30.3 Å². The molecule has 24 heavy (non-hydrogen) atoms. The molecule has 5 nitrogen and oxygen atoms in total. The summed E-state index contributed by atoms with van der Waals surface area (Å²) in [6.45, 7) is 0. The highest BCUT2D eigenvalue weighted by molar-refractivity contribution is 7.92. The number of amides is 1. The van der Waals surface area contributed by atoms with Gasteiger partial charge in [-0.2, -0.15) is 0 Å². The van der Waals surface area contributed by atoms with Crippen molar-refractivity contribution in [2.24, 2.45) is 0 Å². The molecule has 4 rings (SSSR count). The van der Waals surface area contributed by atoms with Crippen LogP contribution in [0.4, 0.5) is 0 Å². The fourth-order valence-corrected chi connectivity index (χ4v) is 5.92. The van der Waals surface area contributed by atoms with Gasteiger partial charge in [0.05, 0.1) is 22.0 Å². The van der Waals surface area contributed by atoms with Gasteiger partial charge in [-0.05, 0) is 43.9 Å². The fraction of sp³-hybridized carbons (Fsp3) is 0.389. The zero-order valence-electron chi connectivity index (χ0n) is 13.2. The van der Waals surface area contributed by atoms with Crippen molar-refractivity contribution < 1.29 is 17.6 Å². The topological polar surface area (TPSA) is 67.6 Å². The van der Waals surface area contributed by atoms with Crippen molar-refractivity contribution in [1.29, 1.82) is 0 Å². The van der Waals surface area contributed by atoms with E-state index in [2.05, 4.69) is 0 Å². The van der Waals surface area contributed by atoms with Crippen molar-refractivity contribution in [1.82, 2.24) is 4.90 Å². The number of furan rings is 1. The van der Waals surface area contributed by atoms with Crippen molar-refractivity contribution >= 4 is 15.7 Å². The molecule has 2 aromatic rings. The van der Waals surface area contributed by atoms with E-state index in [-0.39, 0.29) is 18.0 Å². The summed E-state index contributed by atoms with van der Waals surface area (Å²) in [4.78, 5) is 14.9. The van der Waals surface area contributed by atoms with E-state index in [0.29, 0.717) is 23.3 Å². The third-order valence-corrected chi connectivity index (χ3v) is 7.39. The van der Waals surface area contributed by atoms with Gasteiger partial charge in [-0.1, -0.05) is 18.2 Å². The predicted molar refractivity (Wildman–Crippen MR) is 88.3 cm³/mol. The number of hydrogen-bond donors (Lipinski definition) is 0. The van der Waals surface area contributed by atoms with Crippen LogP contribution in [0.1, 0.15) is 36.0 Å². The van der Waals surface area contributed by atoms with Gasteiger partial charge < -0.3 is 9.32 Å². The molecule has 2 fully saturated rings. The summed E-state index contributed by atoms with van der Waals surface area (Å²) in [5.41, 5.74) is 0.538. The Labute approximate surface area is 141 Å². The number of carbonyl (C=O) groups excluding carboxylic acids is 1. The van der Waals surface area contributed by atoms with Gasteiger partial charge in [0, 0.05) is 12.1 Å². The summed E-state index contributed by atoms with van der Waals surface area (Å²) in [6.07, 6.45) is 5.70. The molecule has 0 spiro atoms. The zero-order valence-corrected chi connectivity index (χ0v) is 14.0. The number of rotatable bonds is 3. The van der Waals surface area contributed by atoms with Crippen LogP contribution >= 0.6 is 0 Å². The summed E-state index contributed by atoms with van der Waals surface area (Å²) in [5.74, 6) is -0.0493. The lowest BCUT2D eigenvalue weighted by Gasteiger charge is -2.38. The number of benzene rings is 1. The molecule has 0 N–H and O–H groups in total. The lowest BCUT2D eigenvalue weighted by molar-refractivity contribution is 0.0597. The molecule has 2 saturated heterocycles. The number of sulfone groups is 1. The smallest absolute Gasteiger partial charge is 0.257 e. The maximum absolute atomic E-state index is 12.9. The zero-order chi connectivity index (χ0) is 16.7. The van der Waals surface area contributed by atoms with Gasteiger partial charge in [0.15, 0.2) is 9.84 Å². The summed E-state index contributed by atoms with van der Waals surface area (Å²) in [7, 11) is -3.35. The molecule has 3 heterocycles. The Balaban J connectivity index is 1.58. The van der Waals surface area contributed by atoms with Crippen LogP contribution in [0.15, 0.2) is 58.2 Å². The van der Waals surface area contributed by atoms with E-state index < -0.39 is 15.1 Å². The molecule has 2 atom stereocenters. The van der Waals surface area contributed by atoms with E-state index in [9.17, 15) is 13.2 Å². The highest BCUT2D eigenvalue weighted by atomic mass is 32.2. The SMILES string of the molecule is O=C(c1ccoc1)N1[C@H]2CC[C@H]1CC(S(=O)(=O)c1ccccc1)C2. The van der Waals surface area contributed by atoms with Crippen molar-refractivity contribution in [2.75, 3.05) is 0 Å². The van der Waals surface area contributed by atoms with Crippen LogP contribution in [-0.2, 0) is 9.84 Å². The van der Waals surface area contributed by atoms with Crippen LogP contribution in [0.25, 0.3) is 0 Å². The Morgan fingerprint density at radius 3 is 2.29 bits per heavy atom. The average Bonchev–Trinajstić information content (AvgIpc) is 3.21. The third-order valence-electron chi connectivity index (χ3n) is 5.20. The number of nitrogens with zero attached hydrogens (tertiary/aromatic N) is 1. The molecule has 0 unspecified atom stereocenters. The molecular weight excluding hydrogens is 326 g/mol. The maximum atomic E-state index is 12.9. The monoisotopic (exact) mass is 345 g/mol. The van der Waals surface area contributed by atoms with E-state index >= 15 is 0 Å². The molecule has 1 aromatic carbocycles. The lowest BCUT2D eigenvalue weighted by Crippen LogP contribution is -2.49. The maximum Gasteiger partial charge on any atom is 0.257 e. The van der Waals surface area contributed by atoms with Crippen molar-refractivity contribution in [2.45, 2.75) is 47.9 Å². The average molecular weight is 345 g/mol. The quantitative estimate of drug-likeness (QED) is 0.858. The first-order chi connectivity index (χ1) is 11.6. The lowest BCUT2D eigenvalue weighted by atomic mass is 10.0. The molecule has 2 aliphatic rings. The molecule has 1 amide bonds. The highest BCUT2D eigenvalue weighted by Crippen LogP contribution is 2.40. The molecule has 2 aliphatic heterocycles. The van der Waals surface area contributed by atoms with Gasteiger partial charge in [-0.25, -0.2) is 8.42 Å². The normalized spacial score (nSPS) is 26.5. The van der Waals surface area contributed by atoms with Crippen LogP contribution in [0.5, 0.6) is 0 Å². The summed E-state index contributed by atoms with van der Waals surface area (Å²) in [6, 6.07) is 10.3. The Bertz CT molecular complexity index is 815. The van der Waals surface area contributed by atoms with Gasteiger partial charge in [-0.15, -0.1) is 0 Å². The third kappa shape index (κ3) is 2.45. The first kappa shape index (κ1) is 15.4. The first-order valence-electron chi connectivity index (χ1n) is 8.21. The molecule has 0 aliphatic carbocycles. The molecule has 1 aromatic heterocycles. The summed E-state index contributed by atoms with van der Waals surface area (Å²) >= 11 is 0. The number of carbonyl (C=O) groups is 1. The standard InChI is InChI=1S/C18H19NO4S/c20-18(13-8-9-23-12-13)19-14-6-7-15(19)11-17(10-14)24(21,22)16-4-2-1-3-5-16/h1-5,8-9,12,14-15,17H,6-7,10-11H2/t14-,15-/m0/s1. The van der Waals surface area contributed by atoms with Crippen LogP contribution in [0.2, 0.25) is 0 Å². The number of piperidine rings is 1. The highest BCUT2D eigenvalue weighted by Gasteiger charge is 2.47. The second-order valence-electron chi connectivity index (χ2n) is 6.56. The number of fused-ring (bicyclic) bond motifs is 2. The first-order valence-corrected chi connectivity index (χ1v) is 9.76. The Kier molecular flexibility index (Phi) is 3.72. The van der Waals surface area contributed by atoms with Crippen molar-refractivity contribution in [3.63, 3.8) is 0 Å². The molecular formula is C18H19NO4S. The van der Waals surface area contributed by atoms with E-state index in [0.717, 1.165) is 12.8 Å². The van der Waals surface area contributed by atoms with E-state index in [1.165, 1.54) is 12.5 Å². The van der Waals surface area contributed by atoms with Gasteiger partial charge in [0.1, 0.15) is 6.26 Å². The minimum absolute atomic E-state index is 0.00497. The van der Waals surface area contributed by atoms with Gasteiger partial charge in [0.25, 0.3) is 5.91 Å². The van der Waals surface area contributed by atoms with Gasteiger partial charge in [-0.3, -0.25) is 4.79 Å². The molecule has 6 heteroatoms. The Hall–Kier alpha value is -2.08. The van der Waals surface area contributed by atoms with Crippen LogP contribution in [0, 0.1) is 0 Å². The van der Waals surface area contributed by atoms with Gasteiger partial charge >= 0.3 is 0 Å². The fourth-order valence-electron chi connectivity index (χ4n) is 4.05. The van der Waals surface area contributed by atoms with Crippen LogP contribution < -0.4 is 0 Å². The largest absolute Gasteiger partial charge is 0.472 e. The van der Waals surface area contributed by atoms with E-state index in [1.807, 2.05) is 11.0 Å². The Morgan fingerprint density at radius 1 is 1.04 bits per heavy atom. The van der Waals surface area contributed by atoms with E-state index in [4.69, 9.17) is 4.42 Å². The second kappa shape index (κ2) is 5.77. The second-order valence-corrected chi connectivity index (χ2v) is 8.79. The molecule has 2 bridgehead atoms. The van der Waals surface area contributed by atoms with Gasteiger partial charge in [0.2, 0.25) is 0 Å². The summed E-state index contributed by atoms with van der Waals surface area (Å²) < 4.78 is 30.8. The van der Waals surface area contributed by atoms with Crippen LogP contribution in [0.3, 0.4) is 0 Å². The van der Waals surface area contributed by atoms with Crippen molar-refractivity contribution in [3.05, 3.63) is 54.5 Å². The number of hydrogen-bond acceptors (Lipinski definition) is 4. The predicted octanol–water partition coefficient (Wildman–Crippen LogP) is 2.89. The summed E-state index contributed by atoms with van der Waals surface area (Å²) in [5, 5.41) is -0.411. The molecule has 126 valence electrons. The van der Waals surface area contributed by atoms with Crippen LogP contribution in [-0.4, -0.2) is 36.6 Å². The Morgan fingerprint density at radius 2 is 1.71 bits per heavy atom. The van der Waals surface area contributed by atoms with Crippen molar-refractivity contribution in [3.8, 4) is 0 Å². The minimum atomic E-state index is -3.35. The molecule has 0 radical (unpaired) electrons. The minimum Gasteiger partial charge on any atom is -0.472 e. The molecule has 0 saturated carbocycles.